The predicted molar refractivity (Wildman–Crippen MR) is 92.8 cm³/mol. The zero-order valence-electron chi connectivity index (χ0n) is 13.8. The molecule has 0 radical (unpaired) electrons. The molecule has 2 aliphatic heterocycles. The smallest absolute Gasteiger partial charge is 0.318 e. The van der Waals surface area contributed by atoms with E-state index in [1.807, 2.05) is 36.4 Å². The Morgan fingerprint density at radius 3 is 2.68 bits per heavy atom. The number of carbonyl (C=O) groups is 2. The standard InChI is InChI=1S/C20H19NO4/c22-19-6-3-11-21(19)16-7-9-17(10-8-16)25-20(23)15-12-14-4-1-2-5-18(14)24-13-15/h1-2,4-5,7-10,15H,3,6,11-13H2/t15-/m0/s1. The summed E-state index contributed by atoms with van der Waals surface area (Å²) in [6, 6.07) is 14.8. The molecule has 1 amide bonds. The Bertz CT molecular complexity index is 800. The van der Waals surface area contributed by atoms with Gasteiger partial charge in [0.15, 0.2) is 0 Å². The number of esters is 1. The molecule has 128 valence electrons. The Hall–Kier alpha value is -2.82. The zero-order valence-corrected chi connectivity index (χ0v) is 13.8. The number of benzene rings is 2. The van der Waals surface area contributed by atoms with Crippen molar-refractivity contribution in [1.82, 2.24) is 0 Å². The highest BCUT2D eigenvalue weighted by Crippen LogP contribution is 2.28. The molecule has 0 unspecified atom stereocenters. The van der Waals surface area contributed by atoms with Crippen LogP contribution in [0.15, 0.2) is 48.5 Å². The fraction of sp³-hybridized carbons (Fsp3) is 0.300. The Morgan fingerprint density at radius 2 is 1.92 bits per heavy atom. The van der Waals surface area contributed by atoms with Crippen molar-refractivity contribution in [2.75, 3.05) is 18.1 Å². The molecule has 1 atom stereocenters. The van der Waals surface area contributed by atoms with Crippen LogP contribution >= 0.6 is 0 Å². The molecule has 0 aromatic heterocycles. The van der Waals surface area contributed by atoms with Gasteiger partial charge in [0, 0.05) is 18.7 Å². The minimum absolute atomic E-state index is 0.141. The van der Waals surface area contributed by atoms with Gasteiger partial charge >= 0.3 is 5.97 Å². The van der Waals surface area contributed by atoms with Crippen molar-refractivity contribution >= 4 is 17.6 Å². The van der Waals surface area contributed by atoms with Crippen molar-refractivity contribution in [1.29, 1.82) is 0 Å². The second kappa shape index (κ2) is 6.59. The van der Waals surface area contributed by atoms with Crippen LogP contribution in [0.25, 0.3) is 0 Å². The van der Waals surface area contributed by atoms with Crippen LogP contribution in [0.1, 0.15) is 18.4 Å². The van der Waals surface area contributed by atoms with Crippen LogP contribution < -0.4 is 14.4 Å². The van der Waals surface area contributed by atoms with E-state index in [0.29, 0.717) is 25.2 Å². The van der Waals surface area contributed by atoms with E-state index in [0.717, 1.165) is 30.0 Å². The van der Waals surface area contributed by atoms with Crippen molar-refractivity contribution in [3.63, 3.8) is 0 Å². The van der Waals surface area contributed by atoms with Crippen LogP contribution in [0, 0.1) is 5.92 Å². The first-order valence-electron chi connectivity index (χ1n) is 8.53. The molecular formula is C20H19NO4. The highest BCUT2D eigenvalue weighted by Gasteiger charge is 2.27. The number of para-hydroxylation sites is 1. The van der Waals surface area contributed by atoms with Gasteiger partial charge < -0.3 is 14.4 Å². The third-order valence-electron chi connectivity index (χ3n) is 4.65. The molecule has 2 aromatic carbocycles. The summed E-state index contributed by atoms with van der Waals surface area (Å²) in [5, 5.41) is 0. The first-order valence-corrected chi connectivity index (χ1v) is 8.53. The highest BCUT2D eigenvalue weighted by molar-refractivity contribution is 5.95. The fourth-order valence-electron chi connectivity index (χ4n) is 3.29. The Kier molecular flexibility index (Phi) is 4.14. The molecule has 0 bridgehead atoms. The molecule has 0 spiro atoms. The van der Waals surface area contributed by atoms with Gasteiger partial charge in [-0.2, -0.15) is 0 Å². The van der Waals surface area contributed by atoms with E-state index in [1.54, 1.807) is 17.0 Å². The SMILES string of the molecule is O=C(Oc1ccc(N2CCCC2=O)cc1)[C@@H]1COc2ccccc2C1. The summed E-state index contributed by atoms with van der Waals surface area (Å²) < 4.78 is 11.1. The van der Waals surface area contributed by atoms with Gasteiger partial charge in [0.2, 0.25) is 5.91 Å². The molecule has 5 heteroatoms. The largest absolute Gasteiger partial charge is 0.492 e. The minimum atomic E-state index is -0.310. The van der Waals surface area contributed by atoms with Crippen LogP contribution in [0.3, 0.4) is 0 Å². The highest BCUT2D eigenvalue weighted by atomic mass is 16.5. The van der Waals surface area contributed by atoms with Gasteiger partial charge in [-0.05, 0) is 48.7 Å². The molecule has 0 N–H and O–H groups in total. The molecule has 1 saturated heterocycles. The summed E-state index contributed by atoms with van der Waals surface area (Å²) >= 11 is 0. The number of amides is 1. The summed E-state index contributed by atoms with van der Waals surface area (Å²) in [4.78, 5) is 25.9. The maximum absolute atomic E-state index is 12.4. The minimum Gasteiger partial charge on any atom is -0.492 e. The lowest BCUT2D eigenvalue weighted by Gasteiger charge is -2.23. The molecule has 2 heterocycles. The van der Waals surface area contributed by atoms with E-state index in [9.17, 15) is 9.59 Å². The average molecular weight is 337 g/mol. The van der Waals surface area contributed by atoms with Gasteiger partial charge in [0.1, 0.15) is 18.1 Å². The third kappa shape index (κ3) is 3.22. The van der Waals surface area contributed by atoms with Crippen molar-refractivity contribution in [3.8, 4) is 11.5 Å². The number of anilines is 1. The van der Waals surface area contributed by atoms with Crippen molar-refractivity contribution < 1.29 is 19.1 Å². The van der Waals surface area contributed by atoms with Crippen molar-refractivity contribution in [2.24, 2.45) is 5.92 Å². The summed E-state index contributed by atoms with van der Waals surface area (Å²) in [5.74, 6) is 0.863. The first kappa shape index (κ1) is 15.7. The van der Waals surface area contributed by atoms with E-state index in [4.69, 9.17) is 9.47 Å². The Labute approximate surface area is 146 Å². The quantitative estimate of drug-likeness (QED) is 0.638. The summed E-state index contributed by atoms with van der Waals surface area (Å²) in [5.41, 5.74) is 1.87. The van der Waals surface area contributed by atoms with Crippen LogP contribution in [0.5, 0.6) is 11.5 Å². The topological polar surface area (TPSA) is 55.8 Å². The van der Waals surface area contributed by atoms with Crippen LogP contribution in [-0.4, -0.2) is 25.0 Å². The fourth-order valence-corrected chi connectivity index (χ4v) is 3.29. The second-order valence-electron chi connectivity index (χ2n) is 6.38. The molecule has 0 aliphatic carbocycles. The lowest BCUT2D eigenvalue weighted by Crippen LogP contribution is -2.31. The molecule has 5 nitrogen and oxygen atoms in total. The predicted octanol–water partition coefficient (Wildman–Crippen LogP) is 2.97. The molecule has 0 saturated carbocycles. The van der Waals surface area contributed by atoms with Gasteiger partial charge in [-0.15, -0.1) is 0 Å². The van der Waals surface area contributed by atoms with Gasteiger partial charge in [-0.1, -0.05) is 18.2 Å². The van der Waals surface area contributed by atoms with Crippen LogP contribution in [0.4, 0.5) is 5.69 Å². The van der Waals surface area contributed by atoms with Gasteiger partial charge in [0.25, 0.3) is 0 Å². The monoisotopic (exact) mass is 337 g/mol. The lowest BCUT2D eigenvalue weighted by atomic mass is 9.97. The van der Waals surface area contributed by atoms with Crippen molar-refractivity contribution in [2.45, 2.75) is 19.3 Å². The maximum atomic E-state index is 12.4. The van der Waals surface area contributed by atoms with E-state index >= 15 is 0 Å². The summed E-state index contributed by atoms with van der Waals surface area (Å²) in [7, 11) is 0. The van der Waals surface area contributed by atoms with Crippen LogP contribution in [-0.2, 0) is 16.0 Å². The van der Waals surface area contributed by atoms with Gasteiger partial charge in [-0.25, -0.2) is 0 Å². The Morgan fingerprint density at radius 1 is 1.12 bits per heavy atom. The average Bonchev–Trinajstić information content (AvgIpc) is 3.08. The number of fused-ring (bicyclic) bond motifs is 1. The molecule has 2 aliphatic rings. The van der Waals surface area contributed by atoms with Crippen molar-refractivity contribution in [3.05, 3.63) is 54.1 Å². The summed E-state index contributed by atoms with van der Waals surface area (Å²) in [6.45, 7) is 1.08. The van der Waals surface area contributed by atoms with E-state index in [-0.39, 0.29) is 17.8 Å². The number of rotatable bonds is 3. The van der Waals surface area contributed by atoms with E-state index in [1.165, 1.54) is 0 Å². The first-order chi connectivity index (χ1) is 12.2. The number of hydrogen-bond donors (Lipinski definition) is 0. The maximum Gasteiger partial charge on any atom is 0.318 e. The molecule has 4 rings (SSSR count). The lowest BCUT2D eigenvalue weighted by molar-refractivity contribution is -0.140. The van der Waals surface area contributed by atoms with Gasteiger partial charge in [-0.3, -0.25) is 9.59 Å². The van der Waals surface area contributed by atoms with Crippen LogP contribution in [0.2, 0.25) is 0 Å². The Balaban J connectivity index is 1.40. The molecular weight excluding hydrogens is 318 g/mol. The number of nitrogens with zero attached hydrogens (tertiary/aromatic N) is 1. The number of hydrogen-bond acceptors (Lipinski definition) is 4. The van der Waals surface area contributed by atoms with E-state index < -0.39 is 0 Å². The number of ether oxygens (including phenoxy) is 2. The third-order valence-corrected chi connectivity index (χ3v) is 4.65. The summed E-state index contributed by atoms with van der Waals surface area (Å²) in [6.07, 6.45) is 2.11. The van der Waals surface area contributed by atoms with E-state index in [2.05, 4.69) is 0 Å². The normalized spacial score (nSPS) is 19.3. The van der Waals surface area contributed by atoms with Gasteiger partial charge in [0.05, 0.1) is 5.92 Å². The zero-order chi connectivity index (χ0) is 17.2. The molecule has 2 aromatic rings. The molecule has 1 fully saturated rings. The molecule has 25 heavy (non-hydrogen) atoms. The second-order valence-corrected chi connectivity index (χ2v) is 6.38. The number of carbonyl (C=O) groups excluding carboxylic acids is 2.